The minimum Gasteiger partial charge on any atom is -0.390 e. The molecule has 0 amide bonds. The van der Waals surface area contributed by atoms with Crippen molar-refractivity contribution >= 4 is 6.15 Å². The van der Waals surface area contributed by atoms with Gasteiger partial charge in [0.05, 0.1) is 12.3 Å². The van der Waals surface area contributed by atoms with Gasteiger partial charge in [0.15, 0.2) is 0 Å². The third-order valence-corrected chi connectivity index (χ3v) is 2.15. The van der Waals surface area contributed by atoms with E-state index in [1.807, 2.05) is 24.7 Å². The Morgan fingerprint density at radius 3 is 1.79 bits per heavy atom. The number of aliphatic hydroxyl groups excluding tert-OH is 1. The van der Waals surface area contributed by atoms with Gasteiger partial charge in [0.1, 0.15) is 0 Å². The van der Waals surface area contributed by atoms with Crippen LogP contribution in [-0.2, 0) is 30.3 Å². The molecular weight excluding hydrogens is 248 g/mol. The van der Waals surface area contributed by atoms with Gasteiger partial charge in [-0.25, -0.2) is 0 Å². The third-order valence-electron chi connectivity index (χ3n) is 2.15. The van der Waals surface area contributed by atoms with E-state index in [0.29, 0.717) is 0 Å². The molecule has 0 aliphatic heterocycles. The molecule has 7 heteroatoms. The predicted octanol–water partition coefficient (Wildman–Crippen LogP) is 0.694. The van der Waals surface area contributed by atoms with Gasteiger partial charge < -0.3 is 5.11 Å². The van der Waals surface area contributed by atoms with Gasteiger partial charge in [-0.2, -0.15) is 19.8 Å². The molecule has 0 unspecified atom stereocenters. The van der Waals surface area contributed by atoms with Crippen molar-refractivity contribution in [3.63, 3.8) is 0 Å². The molecule has 19 heavy (non-hydrogen) atoms. The van der Waals surface area contributed by atoms with E-state index in [2.05, 4.69) is 10.2 Å². The molecule has 0 aliphatic rings. The molecule has 2 rings (SSSR count). The van der Waals surface area contributed by atoms with E-state index in [-0.39, 0.29) is 20.2 Å². The van der Waals surface area contributed by atoms with Crippen molar-refractivity contribution in [1.29, 1.82) is 0 Å². The Balaban J connectivity index is 0. The van der Waals surface area contributed by atoms with E-state index < -0.39 is 0 Å². The lowest BCUT2D eigenvalue weighted by Crippen LogP contribution is -1.96. The SMILES string of the molecule is C.Cc1ccnn1C.Cn1nccc1CO.O=C=O. The van der Waals surface area contributed by atoms with Gasteiger partial charge in [0, 0.05) is 32.2 Å². The molecule has 106 valence electrons. The van der Waals surface area contributed by atoms with Crippen LogP contribution in [0, 0.1) is 6.92 Å². The highest BCUT2D eigenvalue weighted by atomic mass is 16.3. The maximum absolute atomic E-state index is 8.55. The van der Waals surface area contributed by atoms with Crippen molar-refractivity contribution in [3.8, 4) is 0 Å². The first kappa shape index (κ1) is 19.1. The van der Waals surface area contributed by atoms with Gasteiger partial charge in [-0.05, 0) is 19.1 Å². The molecule has 0 saturated heterocycles. The quantitative estimate of drug-likeness (QED) is 0.822. The minimum absolute atomic E-state index is 0. The highest BCUT2D eigenvalue weighted by Crippen LogP contribution is 1.92. The van der Waals surface area contributed by atoms with Crippen LogP contribution >= 0.6 is 0 Å². The van der Waals surface area contributed by atoms with E-state index in [9.17, 15) is 0 Å². The monoisotopic (exact) mass is 268 g/mol. The van der Waals surface area contributed by atoms with E-state index in [1.165, 1.54) is 5.69 Å². The second kappa shape index (κ2) is 10.9. The molecule has 0 radical (unpaired) electrons. The number of aromatic nitrogens is 4. The molecule has 2 aromatic heterocycles. The number of rotatable bonds is 1. The number of aryl methyl sites for hydroxylation is 3. The average molecular weight is 268 g/mol. The lowest BCUT2D eigenvalue weighted by Gasteiger charge is -1.92. The highest BCUT2D eigenvalue weighted by Gasteiger charge is 1.91. The van der Waals surface area contributed by atoms with E-state index in [1.54, 1.807) is 30.2 Å². The van der Waals surface area contributed by atoms with Crippen LogP contribution in [0.25, 0.3) is 0 Å². The molecule has 0 bridgehead atoms. The molecule has 0 atom stereocenters. The largest absolute Gasteiger partial charge is 0.390 e. The molecule has 2 heterocycles. The Bertz CT molecular complexity index is 468. The summed E-state index contributed by atoms with van der Waals surface area (Å²) in [5.41, 5.74) is 2.03. The standard InChI is InChI=1S/C5H8N2O.C5H8N2.CO2.CH4/c1-7-5(4-8)2-3-6-7;1-5-3-4-6-7(5)2;2-1-3;/h2-3,8H,4H2,1H3;3-4H,1-2H3;;1H4. The van der Waals surface area contributed by atoms with Crippen LogP contribution in [0.2, 0.25) is 0 Å². The fourth-order valence-electron chi connectivity index (χ4n) is 0.997. The molecule has 0 saturated carbocycles. The zero-order valence-electron chi connectivity index (χ0n) is 10.6. The Kier molecular flexibility index (Phi) is 10.9. The van der Waals surface area contributed by atoms with Crippen LogP contribution in [-0.4, -0.2) is 30.8 Å². The fourth-order valence-corrected chi connectivity index (χ4v) is 0.997. The van der Waals surface area contributed by atoms with E-state index >= 15 is 0 Å². The van der Waals surface area contributed by atoms with Gasteiger partial charge in [-0.15, -0.1) is 0 Å². The zero-order valence-corrected chi connectivity index (χ0v) is 10.6. The average Bonchev–Trinajstić information content (AvgIpc) is 2.91. The summed E-state index contributed by atoms with van der Waals surface area (Å²) in [4.78, 5) is 16.2. The van der Waals surface area contributed by atoms with Crippen molar-refractivity contribution in [3.05, 3.63) is 35.9 Å². The fraction of sp³-hybridized carbons (Fsp3) is 0.417. The summed E-state index contributed by atoms with van der Waals surface area (Å²) in [5.74, 6) is 0. The Hall–Kier alpha value is -2.24. The number of hydrogen-bond donors (Lipinski definition) is 1. The summed E-state index contributed by atoms with van der Waals surface area (Å²) in [6.07, 6.45) is 3.70. The number of nitrogens with zero attached hydrogens (tertiary/aromatic N) is 4. The maximum atomic E-state index is 8.55. The van der Waals surface area contributed by atoms with E-state index in [0.717, 1.165) is 5.69 Å². The molecule has 0 spiro atoms. The smallest absolute Gasteiger partial charge is 0.373 e. The van der Waals surface area contributed by atoms with Gasteiger partial charge in [-0.1, -0.05) is 7.43 Å². The topological polar surface area (TPSA) is 90.0 Å². The van der Waals surface area contributed by atoms with Gasteiger partial charge in [0.2, 0.25) is 0 Å². The molecule has 2 aromatic rings. The van der Waals surface area contributed by atoms with Crippen LogP contribution < -0.4 is 0 Å². The molecular formula is C12H20N4O3. The second-order valence-corrected chi connectivity index (χ2v) is 3.28. The van der Waals surface area contributed by atoms with Crippen molar-refractivity contribution in [2.45, 2.75) is 21.0 Å². The van der Waals surface area contributed by atoms with Crippen LogP contribution in [0.3, 0.4) is 0 Å². The maximum Gasteiger partial charge on any atom is 0.373 e. The van der Waals surface area contributed by atoms with Crippen LogP contribution in [0.1, 0.15) is 18.8 Å². The van der Waals surface area contributed by atoms with Gasteiger partial charge in [0.25, 0.3) is 0 Å². The third kappa shape index (κ3) is 7.64. The van der Waals surface area contributed by atoms with E-state index in [4.69, 9.17) is 14.7 Å². The van der Waals surface area contributed by atoms with Crippen molar-refractivity contribution in [2.75, 3.05) is 0 Å². The summed E-state index contributed by atoms with van der Waals surface area (Å²) < 4.78 is 3.47. The van der Waals surface area contributed by atoms with Crippen molar-refractivity contribution < 1.29 is 14.7 Å². The number of carbonyl (C=O) groups excluding carboxylic acids is 2. The summed E-state index contributed by atoms with van der Waals surface area (Å²) in [5, 5.41) is 16.3. The first-order valence-electron chi connectivity index (χ1n) is 5.08. The molecule has 0 aliphatic carbocycles. The second-order valence-electron chi connectivity index (χ2n) is 3.28. The van der Waals surface area contributed by atoms with Gasteiger partial charge in [-0.3, -0.25) is 9.36 Å². The van der Waals surface area contributed by atoms with Crippen LogP contribution in [0.15, 0.2) is 24.5 Å². The summed E-state index contributed by atoms with van der Waals surface area (Å²) in [6, 6.07) is 3.75. The lowest BCUT2D eigenvalue weighted by molar-refractivity contribution is -0.191. The Morgan fingerprint density at radius 2 is 1.63 bits per heavy atom. The first-order valence-corrected chi connectivity index (χ1v) is 5.08. The molecule has 0 aromatic carbocycles. The first-order chi connectivity index (χ1) is 8.56. The van der Waals surface area contributed by atoms with Crippen LogP contribution in [0.5, 0.6) is 0 Å². The molecule has 7 nitrogen and oxygen atoms in total. The lowest BCUT2D eigenvalue weighted by atomic mass is 10.5. The Morgan fingerprint density at radius 1 is 1.16 bits per heavy atom. The number of hydrogen-bond acceptors (Lipinski definition) is 5. The number of aliphatic hydroxyl groups is 1. The van der Waals surface area contributed by atoms with Crippen LogP contribution in [0.4, 0.5) is 0 Å². The summed E-state index contributed by atoms with van der Waals surface area (Å²) in [6.45, 7) is 2.09. The Labute approximate surface area is 112 Å². The zero-order chi connectivity index (χ0) is 14.0. The highest BCUT2D eigenvalue weighted by molar-refractivity contribution is 5.20. The molecule has 0 fully saturated rings. The minimum atomic E-state index is 0. The predicted molar refractivity (Wildman–Crippen MR) is 68.8 cm³/mol. The van der Waals surface area contributed by atoms with Crippen molar-refractivity contribution in [1.82, 2.24) is 19.6 Å². The summed E-state index contributed by atoms with van der Waals surface area (Å²) >= 11 is 0. The molecule has 1 N–H and O–H groups in total. The summed E-state index contributed by atoms with van der Waals surface area (Å²) in [7, 11) is 3.72. The normalized spacial score (nSPS) is 8.00. The van der Waals surface area contributed by atoms with Crippen molar-refractivity contribution in [2.24, 2.45) is 14.1 Å². The van der Waals surface area contributed by atoms with Gasteiger partial charge >= 0.3 is 6.15 Å².